The van der Waals surface area contributed by atoms with Crippen LogP contribution in [0.15, 0.2) is 35.4 Å². The van der Waals surface area contributed by atoms with E-state index in [1.54, 1.807) is 12.1 Å². The number of aryl methyl sites for hydroxylation is 1. The highest BCUT2D eigenvalue weighted by molar-refractivity contribution is 7.99. The fraction of sp³-hybridized carbons (Fsp3) is 0.455. The number of benzene rings is 1. The molecule has 0 saturated carbocycles. The number of anilines is 2. The maximum absolute atomic E-state index is 12.3. The van der Waals surface area contributed by atoms with Crippen LogP contribution < -0.4 is 15.5 Å². The summed E-state index contributed by atoms with van der Waals surface area (Å²) >= 11 is 7.33. The lowest BCUT2D eigenvalue weighted by molar-refractivity contribution is -0.126. The van der Waals surface area contributed by atoms with Gasteiger partial charge < -0.3 is 15.5 Å². The van der Waals surface area contributed by atoms with E-state index in [1.165, 1.54) is 11.8 Å². The van der Waals surface area contributed by atoms with Crippen LogP contribution in [0.3, 0.4) is 0 Å². The van der Waals surface area contributed by atoms with Crippen molar-refractivity contribution in [3.05, 3.63) is 40.9 Å². The van der Waals surface area contributed by atoms with Gasteiger partial charge in [0.1, 0.15) is 5.03 Å². The van der Waals surface area contributed by atoms with Crippen LogP contribution in [0.4, 0.5) is 11.5 Å². The summed E-state index contributed by atoms with van der Waals surface area (Å²) in [6.07, 6.45) is 1.61. The van der Waals surface area contributed by atoms with Gasteiger partial charge in [0.2, 0.25) is 11.8 Å². The van der Waals surface area contributed by atoms with Gasteiger partial charge in [-0.3, -0.25) is 9.59 Å². The van der Waals surface area contributed by atoms with E-state index < -0.39 is 0 Å². The van der Waals surface area contributed by atoms with Gasteiger partial charge in [-0.05, 0) is 63.4 Å². The van der Waals surface area contributed by atoms with E-state index in [1.807, 2.05) is 39.0 Å². The van der Waals surface area contributed by atoms with Crippen LogP contribution >= 0.6 is 23.4 Å². The number of piperidine rings is 1. The predicted octanol–water partition coefficient (Wildman–Crippen LogP) is 3.91. The van der Waals surface area contributed by atoms with Crippen LogP contribution in [0, 0.1) is 12.8 Å². The van der Waals surface area contributed by atoms with Crippen LogP contribution in [-0.4, -0.2) is 46.9 Å². The van der Waals surface area contributed by atoms with E-state index in [4.69, 9.17) is 11.6 Å². The summed E-state index contributed by atoms with van der Waals surface area (Å²) < 4.78 is 0. The first-order valence-corrected chi connectivity index (χ1v) is 11.8. The Morgan fingerprint density at radius 2 is 1.94 bits per heavy atom. The number of carbonyl (C=O) groups excluding carboxylic acids is 2. The van der Waals surface area contributed by atoms with Gasteiger partial charge in [-0.2, -0.15) is 0 Å². The topological polar surface area (TPSA) is 87.2 Å². The quantitative estimate of drug-likeness (QED) is 0.608. The van der Waals surface area contributed by atoms with Gasteiger partial charge in [-0.1, -0.05) is 29.4 Å². The first-order valence-electron chi connectivity index (χ1n) is 10.4. The van der Waals surface area contributed by atoms with Crippen molar-refractivity contribution >= 4 is 46.7 Å². The molecule has 2 heterocycles. The largest absolute Gasteiger partial charge is 0.355 e. The molecular weight excluding hydrogens is 434 g/mol. The zero-order chi connectivity index (χ0) is 22.4. The molecule has 0 radical (unpaired) electrons. The molecule has 7 nitrogen and oxygen atoms in total. The minimum Gasteiger partial charge on any atom is -0.355 e. The number of carbonyl (C=O) groups is 2. The number of hydrogen-bond donors (Lipinski definition) is 2. The Balaban J connectivity index is 1.47. The molecule has 1 aliphatic heterocycles. The minimum atomic E-state index is -0.122. The zero-order valence-corrected chi connectivity index (χ0v) is 19.6. The van der Waals surface area contributed by atoms with Crippen molar-refractivity contribution in [1.29, 1.82) is 0 Å². The Hall–Kier alpha value is -2.32. The molecule has 1 aliphatic rings. The van der Waals surface area contributed by atoms with Gasteiger partial charge in [-0.15, -0.1) is 10.2 Å². The second-order valence-electron chi connectivity index (χ2n) is 7.95. The number of nitrogens with zero attached hydrogens (tertiary/aromatic N) is 3. The van der Waals surface area contributed by atoms with E-state index in [0.717, 1.165) is 37.3 Å². The highest BCUT2D eigenvalue weighted by Gasteiger charge is 2.26. The average Bonchev–Trinajstić information content (AvgIpc) is 2.75. The summed E-state index contributed by atoms with van der Waals surface area (Å²) in [7, 11) is 0. The van der Waals surface area contributed by atoms with E-state index in [0.29, 0.717) is 15.7 Å². The molecule has 1 saturated heterocycles. The molecular formula is C22H28ClN5O2S. The van der Waals surface area contributed by atoms with Crippen molar-refractivity contribution in [1.82, 2.24) is 15.5 Å². The number of thioether (sulfide) groups is 1. The normalized spacial score (nSPS) is 14.5. The Bertz CT molecular complexity index is 915. The summed E-state index contributed by atoms with van der Waals surface area (Å²) in [5.74, 6) is 1.10. The second kappa shape index (κ2) is 10.8. The summed E-state index contributed by atoms with van der Waals surface area (Å²) in [4.78, 5) is 26.6. The molecule has 1 aromatic heterocycles. The molecule has 9 heteroatoms. The minimum absolute atomic E-state index is 0.0584. The molecule has 1 fully saturated rings. The van der Waals surface area contributed by atoms with E-state index in [2.05, 4.69) is 25.7 Å². The van der Waals surface area contributed by atoms with Crippen LogP contribution in [0.5, 0.6) is 0 Å². The summed E-state index contributed by atoms with van der Waals surface area (Å²) in [6, 6.07) is 9.36. The molecule has 31 heavy (non-hydrogen) atoms. The maximum atomic E-state index is 12.3. The first kappa shape index (κ1) is 23.3. The van der Waals surface area contributed by atoms with Crippen molar-refractivity contribution in [2.75, 3.05) is 29.1 Å². The lowest BCUT2D eigenvalue weighted by atomic mass is 9.95. The smallest absolute Gasteiger partial charge is 0.234 e. The van der Waals surface area contributed by atoms with Gasteiger partial charge in [0.25, 0.3) is 0 Å². The molecule has 0 atom stereocenters. The van der Waals surface area contributed by atoms with Crippen molar-refractivity contribution in [2.45, 2.75) is 44.7 Å². The third-order valence-corrected chi connectivity index (χ3v) is 6.23. The number of amides is 2. The summed E-state index contributed by atoms with van der Waals surface area (Å²) in [5.41, 5.74) is 1.67. The number of aromatic nitrogens is 2. The lowest BCUT2D eigenvalue weighted by Gasteiger charge is -2.32. The first-order chi connectivity index (χ1) is 14.8. The average molecular weight is 462 g/mol. The van der Waals surface area contributed by atoms with Gasteiger partial charge in [0.15, 0.2) is 5.82 Å². The molecule has 1 aromatic carbocycles. The highest BCUT2D eigenvalue weighted by atomic mass is 35.5. The predicted molar refractivity (Wildman–Crippen MR) is 126 cm³/mol. The standard InChI is InChI=1S/C22H28ClN5O2S/c1-14(2)24-22(30)16-8-10-28(11-9-16)19-6-7-21(27-26-19)31-13-20(29)25-18-12-17(23)5-4-15(18)3/h4-7,12,14,16H,8-11,13H2,1-3H3,(H,24,30)(H,25,29). The molecule has 0 bridgehead atoms. The Morgan fingerprint density at radius 3 is 2.58 bits per heavy atom. The molecule has 2 N–H and O–H groups in total. The Labute approximate surface area is 192 Å². The maximum Gasteiger partial charge on any atom is 0.234 e. The summed E-state index contributed by atoms with van der Waals surface area (Å²) in [5, 5.41) is 15.7. The van der Waals surface area contributed by atoms with Gasteiger partial charge in [0, 0.05) is 35.8 Å². The van der Waals surface area contributed by atoms with Gasteiger partial charge in [0.05, 0.1) is 5.75 Å². The molecule has 0 spiro atoms. The van der Waals surface area contributed by atoms with Crippen molar-refractivity contribution < 1.29 is 9.59 Å². The van der Waals surface area contributed by atoms with Crippen molar-refractivity contribution in [2.24, 2.45) is 5.92 Å². The van der Waals surface area contributed by atoms with Crippen LogP contribution in [0.1, 0.15) is 32.3 Å². The number of hydrogen-bond acceptors (Lipinski definition) is 6. The molecule has 0 aliphatic carbocycles. The Kier molecular flexibility index (Phi) is 8.15. The molecule has 2 aromatic rings. The third-order valence-electron chi connectivity index (χ3n) is 5.07. The fourth-order valence-corrected chi connectivity index (χ4v) is 4.17. The lowest BCUT2D eigenvalue weighted by Crippen LogP contribution is -2.42. The van der Waals surface area contributed by atoms with Gasteiger partial charge in [-0.25, -0.2) is 0 Å². The van der Waals surface area contributed by atoms with Crippen LogP contribution in [-0.2, 0) is 9.59 Å². The van der Waals surface area contributed by atoms with E-state index >= 15 is 0 Å². The zero-order valence-electron chi connectivity index (χ0n) is 18.0. The van der Waals surface area contributed by atoms with Crippen molar-refractivity contribution in [3.8, 4) is 0 Å². The number of rotatable bonds is 7. The molecule has 3 rings (SSSR count). The molecule has 0 unspecified atom stereocenters. The van der Waals surface area contributed by atoms with E-state index in [-0.39, 0.29) is 29.5 Å². The number of halogens is 1. The SMILES string of the molecule is Cc1ccc(Cl)cc1NC(=O)CSc1ccc(N2CCC(C(=O)NC(C)C)CC2)nn1. The Morgan fingerprint density at radius 1 is 1.19 bits per heavy atom. The number of nitrogens with one attached hydrogen (secondary N) is 2. The summed E-state index contributed by atoms with van der Waals surface area (Å²) in [6.45, 7) is 7.43. The molecule has 2 amide bonds. The third kappa shape index (κ3) is 6.83. The monoisotopic (exact) mass is 461 g/mol. The van der Waals surface area contributed by atoms with Crippen molar-refractivity contribution in [3.63, 3.8) is 0 Å². The highest BCUT2D eigenvalue weighted by Crippen LogP contribution is 2.24. The van der Waals surface area contributed by atoms with Crippen LogP contribution in [0.25, 0.3) is 0 Å². The fourth-order valence-electron chi connectivity index (χ4n) is 3.39. The molecule has 166 valence electrons. The van der Waals surface area contributed by atoms with Crippen LogP contribution in [0.2, 0.25) is 5.02 Å². The van der Waals surface area contributed by atoms with Gasteiger partial charge >= 0.3 is 0 Å². The van der Waals surface area contributed by atoms with E-state index in [9.17, 15) is 9.59 Å². The second-order valence-corrected chi connectivity index (χ2v) is 9.38.